The summed E-state index contributed by atoms with van der Waals surface area (Å²) in [6.45, 7) is 0.364. The van der Waals surface area contributed by atoms with E-state index in [1.54, 1.807) is 42.1 Å². The molecule has 3 rings (SSSR count). The molecule has 3 aromatic rings. The van der Waals surface area contributed by atoms with E-state index in [2.05, 4.69) is 10.4 Å². The maximum atomic E-state index is 12.2. The zero-order valence-electron chi connectivity index (χ0n) is 13.6. The largest absolute Gasteiger partial charge is 0.484 e. The first-order chi connectivity index (χ1) is 12.4. The number of amides is 1. The Labute approximate surface area is 164 Å². The number of aryl methyl sites for hydroxylation is 1. The monoisotopic (exact) mass is 413 g/mol. The van der Waals surface area contributed by atoms with Crippen molar-refractivity contribution in [3.8, 4) is 5.75 Å². The average molecular weight is 415 g/mol. The molecule has 0 spiro atoms. The molecule has 0 fully saturated rings. The topological polar surface area (TPSA) is 69.3 Å². The van der Waals surface area contributed by atoms with Crippen molar-refractivity contribution in [2.45, 2.75) is 13.2 Å². The van der Waals surface area contributed by atoms with E-state index in [1.807, 2.05) is 0 Å². The summed E-state index contributed by atoms with van der Waals surface area (Å²) in [5, 5.41) is 8.15. The lowest BCUT2D eigenvalue weighted by atomic mass is 10.3. The highest BCUT2D eigenvalue weighted by Crippen LogP contribution is 2.28. The van der Waals surface area contributed by atoms with Crippen LogP contribution in [0.5, 0.6) is 5.75 Å². The first-order valence-electron chi connectivity index (χ1n) is 7.55. The number of nitrogens with one attached hydrogen (secondary N) is 1. The average Bonchev–Trinajstić information content (AvgIpc) is 3.19. The number of carbonyl (C=O) groups excluding carboxylic acids is 1. The summed E-state index contributed by atoms with van der Waals surface area (Å²) in [5.41, 5.74) is 0.701. The minimum atomic E-state index is -0.363. The van der Waals surface area contributed by atoms with Crippen molar-refractivity contribution >= 4 is 40.7 Å². The van der Waals surface area contributed by atoms with Gasteiger partial charge in [-0.3, -0.25) is 9.48 Å². The number of nitrogens with zero attached hydrogens (tertiary/aromatic N) is 2. The van der Waals surface area contributed by atoms with Crippen molar-refractivity contribution in [1.29, 1.82) is 0 Å². The van der Waals surface area contributed by atoms with Gasteiger partial charge < -0.3 is 14.5 Å². The fourth-order valence-corrected chi connectivity index (χ4v) is 2.90. The van der Waals surface area contributed by atoms with Gasteiger partial charge in [-0.1, -0.05) is 34.8 Å². The van der Waals surface area contributed by atoms with E-state index in [4.69, 9.17) is 44.0 Å². The van der Waals surface area contributed by atoms with E-state index < -0.39 is 0 Å². The third-order valence-corrected chi connectivity index (χ3v) is 4.42. The molecule has 2 aromatic heterocycles. The highest BCUT2D eigenvalue weighted by Gasteiger charge is 2.14. The quantitative estimate of drug-likeness (QED) is 0.645. The number of halogens is 3. The molecular formula is C17H14Cl3N3O3. The van der Waals surface area contributed by atoms with Crippen molar-refractivity contribution in [2.24, 2.45) is 7.05 Å². The number of carbonyl (C=O) groups is 1. The molecule has 0 saturated carbocycles. The minimum absolute atomic E-state index is 0.127. The summed E-state index contributed by atoms with van der Waals surface area (Å²) in [5.74, 6) is 0.770. The Bertz CT molecular complexity index is 917. The van der Waals surface area contributed by atoms with Gasteiger partial charge in [0.1, 0.15) is 18.1 Å². The first kappa shape index (κ1) is 18.6. The van der Waals surface area contributed by atoms with Gasteiger partial charge in [0.2, 0.25) is 0 Å². The fourth-order valence-electron chi connectivity index (χ4n) is 2.20. The molecule has 6 nitrogen and oxygen atoms in total. The zero-order valence-corrected chi connectivity index (χ0v) is 15.9. The highest BCUT2D eigenvalue weighted by molar-refractivity contribution is 6.35. The second-order valence-corrected chi connectivity index (χ2v) is 6.63. The Balaban J connectivity index is 1.57. The Morgan fingerprint density at radius 3 is 2.73 bits per heavy atom. The van der Waals surface area contributed by atoms with E-state index in [9.17, 15) is 4.79 Å². The fraction of sp³-hybridized carbons (Fsp3) is 0.176. The minimum Gasteiger partial charge on any atom is -0.484 e. The van der Waals surface area contributed by atoms with Crippen LogP contribution in [0.15, 0.2) is 40.9 Å². The predicted molar refractivity (Wildman–Crippen MR) is 98.9 cm³/mol. The Morgan fingerprint density at radius 1 is 1.23 bits per heavy atom. The van der Waals surface area contributed by atoms with E-state index in [1.165, 1.54) is 6.20 Å². The van der Waals surface area contributed by atoms with Gasteiger partial charge in [-0.05, 0) is 30.3 Å². The van der Waals surface area contributed by atoms with Gasteiger partial charge in [-0.2, -0.15) is 5.10 Å². The van der Waals surface area contributed by atoms with Gasteiger partial charge in [0, 0.05) is 12.1 Å². The molecule has 1 N–H and O–H groups in total. The number of furan rings is 1. The van der Waals surface area contributed by atoms with Crippen LogP contribution in [0.2, 0.25) is 15.1 Å². The Kier molecular flexibility index (Phi) is 5.76. The molecule has 0 bridgehead atoms. The van der Waals surface area contributed by atoms with Crippen LogP contribution < -0.4 is 10.1 Å². The number of hydrogen-bond acceptors (Lipinski definition) is 4. The van der Waals surface area contributed by atoms with Gasteiger partial charge in [0.15, 0.2) is 5.76 Å². The molecule has 2 heterocycles. The third kappa shape index (κ3) is 4.33. The molecule has 0 atom stereocenters. The summed E-state index contributed by atoms with van der Waals surface area (Å²) in [7, 11) is 1.75. The Morgan fingerprint density at radius 2 is 2.04 bits per heavy atom. The van der Waals surface area contributed by atoms with Crippen molar-refractivity contribution in [1.82, 2.24) is 15.1 Å². The number of benzene rings is 1. The summed E-state index contributed by atoms with van der Waals surface area (Å²) >= 11 is 17.9. The Hall–Kier alpha value is -2.15. The predicted octanol–water partition coefficient (Wildman–Crippen LogP) is 4.48. The second kappa shape index (κ2) is 8.03. The van der Waals surface area contributed by atoms with Crippen LogP contribution >= 0.6 is 34.8 Å². The van der Waals surface area contributed by atoms with Crippen LogP contribution in [-0.4, -0.2) is 15.7 Å². The number of ether oxygens (including phenoxy) is 1. The molecule has 0 radical (unpaired) electrons. The lowest BCUT2D eigenvalue weighted by molar-refractivity contribution is 0.0918. The van der Waals surface area contributed by atoms with Crippen molar-refractivity contribution in [3.63, 3.8) is 0 Å². The standard InChI is InChI=1S/C17H14Cl3N3O3/c1-23-14(13(20)7-22-23)8-21-17(24)16-5-3-11(26-16)9-25-15-4-2-10(18)6-12(15)19/h2-7H,8-9H2,1H3,(H,21,24). The SMILES string of the molecule is Cn1ncc(Cl)c1CNC(=O)c1ccc(COc2ccc(Cl)cc2Cl)o1. The van der Waals surface area contributed by atoms with Crippen LogP contribution in [0.1, 0.15) is 22.0 Å². The van der Waals surface area contributed by atoms with Gasteiger partial charge >= 0.3 is 0 Å². The van der Waals surface area contributed by atoms with Crippen LogP contribution in [0.3, 0.4) is 0 Å². The molecule has 0 unspecified atom stereocenters. The van der Waals surface area contributed by atoms with Crippen LogP contribution in [0, 0.1) is 0 Å². The van der Waals surface area contributed by atoms with E-state index >= 15 is 0 Å². The molecule has 26 heavy (non-hydrogen) atoms. The zero-order chi connectivity index (χ0) is 18.7. The highest BCUT2D eigenvalue weighted by atomic mass is 35.5. The maximum Gasteiger partial charge on any atom is 0.287 e. The second-order valence-electron chi connectivity index (χ2n) is 5.37. The van der Waals surface area contributed by atoms with Crippen LogP contribution in [0.4, 0.5) is 0 Å². The lowest BCUT2D eigenvalue weighted by Gasteiger charge is -2.07. The molecule has 1 aromatic carbocycles. The smallest absolute Gasteiger partial charge is 0.287 e. The van der Waals surface area contributed by atoms with Crippen molar-refractivity contribution in [2.75, 3.05) is 0 Å². The molecule has 1 amide bonds. The molecule has 0 aliphatic carbocycles. The summed E-state index contributed by atoms with van der Waals surface area (Å²) in [6, 6.07) is 8.16. The third-order valence-electron chi connectivity index (χ3n) is 3.58. The molecule has 0 aliphatic rings. The van der Waals surface area contributed by atoms with E-state index in [-0.39, 0.29) is 24.8 Å². The summed E-state index contributed by atoms with van der Waals surface area (Å²) in [4.78, 5) is 12.2. The number of aromatic nitrogens is 2. The van der Waals surface area contributed by atoms with E-state index in [0.717, 1.165) is 0 Å². The molecule has 136 valence electrons. The van der Waals surface area contributed by atoms with Crippen molar-refractivity contribution in [3.05, 3.63) is 68.8 Å². The van der Waals surface area contributed by atoms with Gasteiger partial charge in [0.25, 0.3) is 5.91 Å². The lowest BCUT2D eigenvalue weighted by Crippen LogP contribution is -2.23. The molecule has 0 saturated heterocycles. The first-order valence-corrected chi connectivity index (χ1v) is 8.68. The summed E-state index contributed by atoms with van der Waals surface area (Å²) in [6.07, 6.45) is 1.52. The van der Waals surface area contributed by atoms with Crippen molar-refractivity contribution < 1.29 is 13.9 Å². The normalized spacial score (nSPS) is 10.8. The summed E-state index contributed by atoms with van der Waals surface area (Å²) < 4.78 is 12.7. The van der Waals surface area contributed by atoms with Crippen LogP contribution in [-0.2, 0) is 20.2 Å². The molecular weight excluding hydrogens is 401 g/mol. The maximum absolute atomic E-state index is 12.2. The van der Waals surface area contributed by atoms with Gasteiger partial charge in [0.05, 0.1) is 28.5 Å². The van der Waals surface area contributed by atoms with E-state index in [0.29, 0.717) is 32.3 Å². The van der Waals surface area contributed by atoms with Gasteiger partial charge in [-0.25, -0.2) is 0 Å². The molecule has 9 heteroatoms. The van der Waals surface area contributed by atoms with Crippen LogP contribution in [0.25, 0.3) is 0 Å². The number of rotatable bonds is 6. The van der Waals surface area contributed by atoms with Gasteiger partial charge in [-0.15, -0.1) is 0 Å². The molecule has 0 aliphatic heterocycles. The number of hydrogen-bond donors (Lipinski definition) is 1.